The van der Waals surface area contributed by atoms with Crippen LogP contribution in [0.5, 0.6) is 0 Å². The summed E-state index contributed by atoms with van der Waals surface area (Å²) in [5.74, 6) is -0.472. The predicted octanol–water partition coefficient (Wildman–Crippen LogP) is 9.05. The number of aliphatic hydroxyl groups excluding tert-OH is 1. The van der Waals surface area contributed by atoms with E-state index in [1.807, 2.05) is 27.7 Å². The van der Waals surface area contributed by atoms with Crippen molar-refractivity contribution in [2.75, 3.05) is 19.3 Å². The number of hydrogen-bond acceptors (Lipinski definition) is 6. The van der Waals surface area contributed by atoms with E-state index in [2.05, 4.69) is 117 Å². The number of unbranched alkanes of at least 4 members (excludes halogenated alkanes) is 7. The summed E-state index contributed by atoms with van der Waals surface area (Å²) in [5, 5.41) is 39.6. The van der Waals surface area contributed by atoms with Crippen LogP contribution in [-0.2, 0) is 9.53 Å². The van der Waals surface area contributed by atoms with Gasteiger partial charge in [-0.3, -0.25) is 4.79 Å². The van der Waals surface area contributed by atoms with Crippen molar-refractivity contribution < 1.29 is 24.9 Å². The standard InChI is InChI=1S/C50H78NO5P/c1-9-46-50(8,55)47(52)42(6)51(37-38(2)36-49(7,54)41(5)39(3)35-40(4)48(53)56-46)33-25-14-12-10-11-13-15-26-34-57(43-27-19-16-20-28-43,44-29-21-17-22-30-44)45-31-23-18-24-32-45/h16-24,27-32,38-42,46-47,52,54-55,57H,9-15,25-26,33-37H2,1-8H3/t38-,39+,40-,41-,42-,46-,47-,49-,50-/m1/s1. The molecule has 3 aromatic rings. The van der Waals surface area contributed by atoms with Gasteiger partial charge in [-0.1, -0.05) is 34.6 Å². The van der Waals surface area contributed by atoms with Crippen LogP contribution >= 0.6 is 7.26 Å². The Bertz CT molecular complexity index is 1490. The number of esters is 1. The van der Waals surface area contributed by atoms with Gasteiger partial charge in [-0.15, -0.1) is 0 Å². The van der Waals surface area contributed by atoms with Gasteiger partial charge in [0.25, 0.3) is 0 Å². The molecule has 57 heavy (non-hydrogen) atoms. The van der Waals surface area contributed by atoms with E-state index >= 15 is 0 Å². The Morgan fingerprint density at radius 1 is 0.719 bits per heavy atom. The van der Waals surface area contributed by atoms with Crippen LogP contribution in [0, 0.1) is 23.7 Å². The van der Waals surface area contributed by atoms with Crippen LogP contribution in [0.3, 0.4) is 0 Å². The molecule has 0 amide bonds. The molecule has 4 rings (SSSR count). The van der Waals surface area contributed by atoms with Crippen LogP contribution in [0.1, 0.15) is 126 Å². The minimum Gasteiger partial charge on any atom is -0.388 e. The molecule has 6 nitrogen and oxygen atoms in total. The molecule has 1 heterocycles. The van der Waals surface area contributed by atoms with Gasteiger partial charge in [-0.2, -0.15) is 0 Å². The van der Waals surface area contributed by atoms with E-state index < -0.39 is 30.7 Å². The van der Waals surface area contributed by atoms with Crippen molar-refractivity contribution in [1.29, 1.82) is 0 Å². The SMILES string of the molecule is CC[C@H]1OC(=O)[C@H](C)C[C@H](C)[C@@H](C)[C@](C)(O)C[C@@H](C)CN(CCCCCCCCCC[PH](c2ccccc2)(c2ccccc2)c2ccccc2)[C@H](C)[C@@H](O)[C@]1(C)O. The molecule has 0 bridgehead atoms. The number of nitrogens with zero attached hydrogens (tertiary/aromatic N) is 1. The molecule has 3 N–H and O–H groups in total. The first-order valence-corrected chi connectivity index (χ1v) is 24.6. The van der Waals surface area contributed by atoms with Crippen LogP contribution in [0.25, 0.3) is 0 Å². The van der Waals surface area contributed by atoms with E-state index in [-0.39, 0.29) is 35.7 Å². The third-order valence-electron chi connectivity index (χ3n) is 13.7. The Morgan fingerprint density at radius 2 is 1.18 bits per heavy atom. The second-order valence-electron chi connectivity index (χ2n) is 18.4. The van der Waals surface area contributed by atoms with E-state index in [1.165, 1.54) is 60.6 Å². The van der Waals surface area contributed by atoms with Crippen LogP contribution in [-0.4, -0.2) is 74.9 Å². The van der Waals surface area contributed by atoms with Gasteiger partial charge in [0, 0.05) is 0 Å². The van der Waals surface area contributed by atoms with Crippen LogP contribution in [0.15, 0.2) is 91.0 Å². The summed E-state index contributed by atoms with van der Waals surface area (Å²) in [4.78, 5) is 15.5. The fraction of sp³-hybridized carbons (Fsp3) is 0.620. The first kappa shape index (κ1) is 47.1. The summed E-state index contributed by atoms with van der Waals surface area (Å²) in [5.41, 5.74) is -2.51. The fourth-order valence-corrected chi connectivity index (χ4v) is 14.8. The molecular weight excluding hydrogens is 726 g/mol. The van der Waals surface area contributed by atoms with Gasteiger partial charge >= 0.3 is 202 Å². The van der Waals surface area contributed by atoms with E-state index in [0.29, 0.717) is 25.8 Å². The van der Waals surface area contributed by atoms with Gasteiger partial charge in [-0.25, -0.2) is 0 Å². The number of carbonyl (C=O) groups excluding carboxylic acids is 1. The molecule has 0 saturated carbocycles. The average Bonchev–Trinajstić information content (AvgIpc) is 3.20. The number of rotatable bonds is 15. The smallest absolute Gasteiger partial charge is 0.388 e. The first-order chi connectivity index (χ1) is 27.1. The molecular formula is C50H78NO5P. The number of hydrogen-bond donors (Lipinski definition) is 3. The van der Waals surface area contributed by atoms with Crippen LogP contribution < -0.4 is 15.9 Å². The molecule has 1 aliphatic heterocycles. The summed E-state index contributed by atoms with van der Waals surface area (Å²) in [7, 11) is -2.18. The van der Waals surface area contributed by atoms with Crippen molar-refractivity contribution in [3.8, 4) is 0 Å². The number of benzene rings is 3. The third-order valence-corrected chi connectivity index (χ3v) is 18.8. The van der Waals surface area contributed by atoms with Gasteiger partial charge in [0.15, 0.2) is 0 Å². The minimum atomic E-state index is -2.18. The van der Waals surface area contributed by atoms with Crippen molar-refractivity contribution >= 4 is 29.1 Å². The summed E-state index contributed by atoms with van der Waals surface area (Å²) in [6, 6.07) is 33.3. The number of aliphatic hydroxyl groups is 3. The number of ether oxygens (including phenoxy) is 1. The maximum absolute atomic E-state index is 13.2. The zero-order valence-corrected chi connectivity index (χ0v) is 37.7. The Hall–Kier alpha value is -2.60. The van der Waals surface area contributed by atoms with Crippen LogP contribution in [0.4, 0.5) is 0 Å². The normalized spacial score (nSPS) is 30.2. The predicted molar refractivity (Wildman–Crippen MR) is 243 cm³/mol. The third kappa shape index (κ3) is 12.5. The second-order valence-corrected chi connectivity index (χ2v) is 22.4. The van der Waals surface area contributed by atoms with Gasteiger partial charge in [0.2, 0.25) is 0 Å². The maximum atomic E-state index is 13.2. The zero-order valence-electron chi connectivity index (χ0n) is 36.7. The molecule has 3 aromatic carbocycles. The van der Waals surface area contributed by atoms with Gasteiger partial charge in [0.1, 0.15) is 17.8 Å². The molecule has 318 valence electrons. The van der Waals surface area contributed by atoms with Gasteiger partial charge < -0.3 is 20.1 Å². The van der Waals surface area contributed by atoms with Crippen molar-refractivity contribution in [1.82, 2.24) is 4.90 Å². The summed E-state index contributed by atoms with van der Waals surface area (Å²) >= 11 is 0. The summed E-state index contributed by atoms with van der Waals surface area (Å²) < 4.78 is 5.92. The van der Waals surface area contributed by atoms with E-state index in [4.69, 9.17) is 4.74 Å². The monoisotopic (exact) mass is 804 g/mol. The summed E-state index contributed by atoms with van der Waals surface area (Å²) in [6.45, 7) is 17.2. The molecule has 7 heteroatoms. The zero-order chi connectivity index (χ0) is 41.6. The Kier molecular flexibility index (Phi) is 18.3. The number of cyclic esters (lactones) is 1. The Labute approximate surface area is 347 Å². The van der Waals surface area contributed by atoms with Crippen molar-refractivity contribution in [3.05, 3.63) is 91.0 Å². The average molecular weight is 804 g/mol. The Morgan fingerprint density at radius 3 is 1.65 bits per heavy atom. The molecule has 1 fully saturated rings. The number of carbonyl (C=O) groups is 1. The molecule has 0 radical (unpaired) electrons. The van der Waals surface area contributed by atoms with E-state index in [9.17, 15) is 20.1 Å². The molecule has 0 spiro atoms. The topological polar surface area (TPSA) is 90.2 Å². The molecule has 9 atom stereocenters. The minimum absolute atomic E-state index is 0.0110. The van der Waals surface area contributed by atoms with Crippen molar-refractivity contribution in [2.45, 2.75) is 155 Å². The van der Waals surface area contributed by atoms with Crippen LogP contribution in [0.2, 0.25) is 0 Å². The molecule has 0 aliphatic carbocycles. The quantitative estimate of drug-likeness (QED) is 0.0808. The van der Waals surface area contributed by atoms with Gasteiger partial charge in [-0.05, 0) is 57.8 Å². The first-order valence-electron chi connectivity index (χ1n) is 22.4. The van der Waals surface area contributed by atoms with Crippen molar-refractivity contribution in [3.63, 3.8) is 0 Å². The van der Waals surface area contributed by atoms with Gasteiger partial charge in [0.05, 0.1) is 11.5 Å². The Balaban J connectivity index is 1.34. The molecule has 1 aliphatic rings. The summed E-state index contributed by atoms with van der Waals surface area (Å²) in [6.07, 6.45) is 10.3. The molecule has 0 unspecified atom stereocenters. The second kappa shape index (κ2) is 22.1. The molecule has 0 aromatic heterocycles. The van der Waals surface area contributed by atoms with E-state index in [1.54, 1.807) is 6.92 Å². The molecule has 1 saturated heterocycles. The fourth-order valence-electron chi connectivity index (χ4n) is 9.91. The van der Waals surface area contributed by atoms with E-state index in [0.717, 1.165) is 19.4 Å². The van der Waals surface area contributed by atoms with Crippen molar-refractivity contribution in [2.24, 2.45) is 23.7 Å².